The predicted octanol–water partition coefficient (Wildman–Crippen LogP) is 11.1. The molecule has 2 heterocycles. The van der Waals surface area contributed by atoms with Crippen molar-refractivity contribution in [1.29, 1.82) is 0 Å². The fourth-order valence-corrected chi connectivity index (χ4v) is 6.67. The van der Waals surface area contributed by atoms with E-state index >= 15 is 0 Å². The third-order valence-corrected chi connectivity index (χ3v) is 9.03. The molecule has 0 saturated carbocycles. The van der Waals surface area contributed by atoms with Crippen LogP contribution >= 0.6 is 0 Å². The summed E-state index contributed by atoms with van der Waals surface area (Å²) >= 11 is 0. The van der Waals surface area contributed by atoms with Gasteiger partial charge in [-0.3, -0.25) is 0 Å². The Hall–Kier alpha value is -6.13. The first-order chi connectivity index (χ1) is 23.3. The molecule has 0 bridgehead atoms. The first-order valence-electron chi connectivity index (χ1n) is 16.0. The van der Waals surface area contributed by atoms with Gasteiger partial charge < -0.3 is 4.42 Å². The van der Waals surface area contributed by atoms with Crippen molar-refractivity contribution in [2.24, 2.45) is 0 Å². The topological polar surface area (TPSA) is 51.8 Å². The van der Waals surface area contributed by atoms with E-state index in [1.165, 1.54) is 21.9 Å². The maximum atomic E-state index is 6.37. The molecule has 0 fully saturated rings. The highest BCUT2D eigenvalue weighted by Gasteiger charge is 2.17. The lowest BCUT2D eigenvalue weighted by atomic mass is 9.93. The monoisotopic (exact) mass is 603 g/mol. The van der Waals surface area contributed by atoms with Crippen molar-refractivity contribution in [3.63, 3.8) is 0 Å². The Labute approximate surface area is 272 Å². The van der Waals surface area contributed by atoms with Crippen molar-refractivity contribution >= 4 is 28.0 Å². The van der Waals surface area contributed by atoms with Crippen LogP contribution in [0.15, 0.2) is 150 Å². The Bertz CT molecular complexity index is 2390. The van der Waals surface area contributed by atoms with Crippen LogP contribution in [-0.4, -0.2) is 15.0 Å². The van der Waals surface area contributed by atoms with Crippen LogP contribution in [0.5, 0.6) is 0 Å². The van der Waals surface area contributed by atoms with Crippen molar-refractivity contribution in [3.8, 4) is 56.4 Å². The number of nitrogens with zero attached hydrogens (tertiary/aromatic N) is 3. The fourth-order valence-electron chi connectivity index (χ4n) is 6.67. The van der Waals surface area contributed by atoms with Crippen LogP contribution in [0, 0.1) is 0 Å². The van der Waals surface area contributed by atoms with E-state index in [9.17, 15) is 0 Å². The number of hydrogen-bond acceptors (Lipinski definition) is 4. The quantitative estimate of drug-likeness (QED) is 0.196. The summed E-state index contributed by atoms with van der Waals surface area (Å²) in [5, 5.41) is 2.39. The molecule has 0 unspecified atom stereocenters. The molecule has 9 rings (SSSR count). The zero-order chi connectivity index (χ0) is 31.2. The number of hydrogen-bond donors (Lipinski definition) is 0. The van der Waals surface area contributed by atoms with E-state index in [4.69, 9.17) is 19.4 Å². The minimum Gasteiger partial charge on any atom is -0.456 e. The molecule has 0 aliphatic heterocycles. The van der Waals surface area contributed by atoms with Gasteiger partial charge in [0.05, 0.1) is 0 Å². The first-order valence-corrected chi connectivity index (χ1v) is 16.0. The third kappa shape index (κ3) is 4.91. The molecule has 2 aromatic heterocycles. The molecule has 0 radical (unpaired) electrons. The molecular formula is C43H29N3O. The molecule has 0 N–H and O–H groups in total. The zero-order valence-electron chi connectivity index (χ0n) is 25.6. The summed E-state index contributed by atoms with van der Waals surface area (Å²) in [7, 11) is 0. The lowest BCUT2D eigenvalue weighted by Crippen LogP contribution is -2.01. The van der Waals surface area contributed by atoms with Gasteiger partial charge in [-0.25, -0.2) is 15.0 Å². The predicted molar refractivity (Wildman–Crippen MR) is 192 cm³/mol. The van der Waals surface area contributed by atoms with Crippen LogP contribution < -0.4 is 0 Å². The maximum Gasteiger partial charge on any atom is 0.164 e. The molecule has 1 aliphatic carbocycles. The fraction of sp³-hybridized carbons (Fsp3) is 0.0465. The number of aryl methyl sites for hydroxylation is 1. The lowest BCUT2D eigenvalue weighted by Gasteiger charge is -2.12. The van der Waals surface area contributed by atoms with Crippen LogP contribution in [0.2, 0.25) is 0 Å². The molecule has 47 heavy (non-hydrogen) atoms. The summed E-state index contributed by atoms with van der Waals surface area (Å²) in [4.78, 5) is 14.8. The molecule has 6 aromatic carbocycles. The number of rotatable bonds is 5. The Balaban J connectivity index is 1.10. The normalized spacial score (nSPS) is 12.4. The third-order valence-electron chi connectivity index (χ3n) is 9.03. The minimum absolute atomic E-state index is 0.643. The number of benzene rings is 6. The number of aromatic nitrogens is 3. The average Bonchev–Trinajstić information content (AvgIpc) is 3.54. The zero-order valence-corrected chi connectivity index (χ0v) is 25.6. The van der Waals surface area contributed by atoms with Crippen molar-refractivity contribution in [3.05, 3.63) is 157 Å². The van der Waals surface area contributed by atoms with Gasteiger partial charge in [0, 0.05) is 27.5 Å². The molecule has 0 atom stereocenters. The van der Waals surface area contributed by atoms with E-state index in [0.29, 0.717) is 17.5 Å². The molecule has 222 valence electrons. The standard InChI is InChI=1S/C43H29N3O/c1-3-12-31(13-4-1)41-44-42(32-14-5-2-6-15-32)46-43(45-41)36-18-10-9-16-34(36)30-21-19-28(20-22-30)33-23-25-37-39(27-33)47-38-26-24-29-11-7-8-17-35(29)40(37)38/h1-6,8-10,12-27H,7,11H2. The summed E-state index contributed by atoms with van der Waals surface area (Å²) in [6.07, 6.45) is 6.69. The molecule has 4 nitrogen and oxygen atoms in total. The van der Waals surface area contributed by atoms with E-state index in [-0.39, 0.29) is 0 Å². The maximum absolute atomic E-state index is 6.37. The van der Waals surface area contributed by atoms with Crippen LogP contribution in [0.25, 0.3) is 84.4 Å². The summed E-state index contributed by atoms with van der Waals surface area (Å²) < 4.78 is 6.37. The van der Waals surface area contributed by atoms with Crippen LogP contribution in [0.3, 0.4) is 0 Å². The van der Waals surface area contributed by atoms with Crippen molar-refractivity contribution < 1.29 is 4.42 Å². The van der Waals surface area contributed by atoms with Gasteiger partial charge in [-0.2, -0.15) is 0 Å². The molecular weight excluding hydrogens is 574 g/mol. The van der Waals surface area contributed by atoms with Gasteiger partial charge in [-0.1, -0.05) is 133 Å². The van der Waals surface area contributed by atoms with Crippen LogP contribution in [0.4, 0.5) is 0 Å². The second-order valence-corrected chi connectivity index (χ2v) is 11.9. The minimum atomic E-state index is 0.643. The lowest BCUT2D eigenvalue weighted by molar-refractivity contribution is 0.669. The highest BCUT2D eigenvalue weighted by Crippen LogP contribution is 2.38. The van der Waals surface area contributed by atoms with Gasteiger partial charge in [-0.15, -0.1) is 0 Å². The van der Waals surface area contributed by atoms with Gasteiger partial charge >= 0.3 is 0 Å². The molecule has 8 aromatic rings. The van der Waals surface area contributed by atoms with Crippen LogP contribution in [0.1, 0.15) is 17.5 Å². The Morgan fingerprint density at radius 1 is 0.468 bits per heavy atom. The largest absolute Gasteiger partial charge is 0.456 e. The first kappa shape index (κ1) is 27.2. The van der Waals surface area contributed by atoms with Crippen molar-refractivity contribution in [2.45, 2.75) is 12.8 Å². The van der Waals surface area contributed by atoms with Gasteiger partial charge in [0.2, 0.25) is 0 Å². The van der Waals surface area contributed by atoms with E-state index in [2.05, 4.69) is 84.9 Å². The number of allylic oxidation sites excluding steroid dienone is 1. The second kappa shape index (κ2) is 11.3. The molecule has 1 aliphatic rings. The van der Waals surface area contributed by atoms with Crippen molar-refractivity contribution in [1.82, 2.24) is 15.0 Å². The Morgan fingerprint density at radius 3 is 1.81 bits per heavy atom. The summed E-state index contributed by atoms with van der Waals surface area (Å²) in [6, 6.07) is 48.1. The van der Waals surface area contributed by atoms with E-state index in [0.717, 1.165) is 63.0 Å². The molecule has 4 heteroatoms. The van der Waals surface area contributed by atoms with Gasteiger partial charge in [0.15, 0.2) is 17.5 Å². The number of fused-ring (bicyclic) bond motifs is 5. The van der Waals surface area contributed by atoms with Gasteiger partial charge in [0.25, 0.3) is 0 Å². The smallest absolute Gasteiger partial charge is 0.164 e. The van der Waals surface area contributed by atoms with E-state index in [1.807, 2.05) is 66.7 Å². The molecule has 0 spiro atoms. The summed E-state index contributed by atoms with van der Waals surface area (Å²) in [5.41, 5.74) is 11.8. The highest BCUT2D eigenvalue weighted by molar-refractivity contribution is 6.10. The van der Waals surface area contributed by atoms with Gasteiger partial charge in [0.1, 0.15) is 11.2 Å². The summed E-state index contributed by atoms with van der Waals surface area (Å²) in [5.74, 6) is 1.94. The number of furan rings is 1. The second-order valence-electron chi connectivity index (χ2n) is 11.9. The van der Waals surface area contributed by atoms with Gasteiger partial charge in [-0.05, 0) is 64.4 Å². The van der Waals surface area contributed by atoms with E-state index < -0.39 is 0 Å². The van der Waals surface area contributed by atoms with Crippen LogP contribution in [-0.2, 0) is 6.42 Å². The van der Waals surface area contributed by atoms with Crippen molar-refractivity contribution in [2.75, 3.05) is 0 Å². The Kier molecular flexibility index (Phi) is 6.57. The molecule has 0 amide bonds. The molecule has 0 saturated heterocycles. The highest BCUT2D eigenvalue weighted by atomic mass is 16.3. The Morgan fingerprint density at radius 2 is 1.09 bits per heavy atom. The summed E-state index contributed by atoms with van der Waals surface area (Å²) in [6.45, 7) is 0. The average molecular weight is 604 g/mol. The van der Waals surface area contributed by atoms with E-state index in [1.54, 1.807) is 0 Å². The SMILES string of the molecule is C1=Cc2c(ccc3oc4cc(-c5ccc(-c6ccccc6-c6nc(-c7ccccc7)nc(-c7ccccc7)n6)cc5)ccc4c23)CC1.